The van der Waals surface area contributed by atoms with Crippen LogP contribution in [0.3, 0.4) is 0 Å². The number of hydrogen-bond acceptors (Lipinski definition) is 5. The molecule has 1 aliphatic heterocycles. The van der Waals surface area contributed by atoms with Gasteiger partial charge in [0.25, 0.3) is 0 Å². The molecular weight excluding hydrogens is 324 g/mol. The van der Waals surface area contributed by atoms with Gasteiger partial charge >= 0.3 is 5.97 Å². The molecule has 7 heteroatoms. The first-order valence-electron chi connectivity index (χ1n) is 8.25. The number of carbonyl (C=O) groups is 3. The molecule has 1 fully saturated rings. The highest BCUT2D eigenvalue weighted by Gasteiger charge is 2.36. The Hall–Kier alpha value is -2.57. The third kappa shape index (κ3) is 4.71. The summed E-state index contributed by atoms with van der Waals surface area (Å²) in [6.07, 6.45) is 0.932. The molecule has 0 saturated carbocycles. The molecule has 7 nitrogen and oxygen atoms in total. The van der Waals surface area contributed by atoms with Crippen molar-refractivity contribution in [3.05, 3.63) is 23.8 Å². The Morgan fingerprint density at radius 1 is 1.32 bits per heavy atom. The molecule has 0 bridgehead atoms. The van der Waals surface area contributed by atoms with E-state index in [2.05, 4.69) is 10.1 Å². The summed E-state index contributed by atoms with van der Waals surface area (Å²) in [4.78, 5) is 37.3. The summed E-state index contributed by atoms with van der Waals surface area (Å²) in [6.45, 7) is 2.64. The van der Waals surface area contributed by atoms with Gasteiger partial charge in [-0.25, -0.2) is 0 Å². The van der Waals surface area contributed by atoms with Crippen molar-refractivity contribution in [3.8, 4) is 5.75 Å². The van der Waals surface area contributed by atoms with Crippen LogP contribution in [0.4, 0.5) is 5.69 Å². The second-order valence-electron chi connectivity index (χ2n) is 6.05. The molecule has 1 heterocycles. The van der Waals surface area contributed by atoms with Crippen molar-refractivity contribution in [2.75, 3.05) is 32.2 Å². The van der Waals surface area contributed by atoms with E-state index < -0.39 is 5.92 Å². The largest absolute Gasteiger partial charge is 0.495 e. The molecule has 1 unspecified atom stereocenters. The molecular formula is C18H24N2O5. The zero-order chi connectivity index (χ0) is 18.4. The zero-order valence-electron chi connectivity index (χ0n) is 14.8. The van der Waals surface area contributed by atoms with E-state index in [0.29, 0.717) is 30.9 Å². The molecule has 1 N–H and O–H groups in total. The molecule has 0 radical (unpaired) electrons. The molecule has 1 saturated heterocycles. The summed E-state index contributed by atoms with van der Waals surface area (Å²) in [5, 5.41) is 2.78. The molecule has 0 aromatic heterocycles. The van der Waals surface area contributed by atoms with Gasteiger partial charge in [0.05, 0.1) is 25.8 Å². The molecule has 0 spiro atoms. The molecule has 1 aromatic rings. The van der Waals surface area contributed by atoms with E-state index in [1.54, 1.807) is 12.0 Å². The van der Waals surface area contributed by atoms with Gasteiger partial charge in [0.1, 0.15) is 5.75 Å². The van der Waals surface area contributed by atoms with Crippen molar-refractivity contribution in [1.82, 2.24) is 5.32 Å². The lowest BCUT2D eigenvalue weighted by Crippen LogP contribution is -2.33. The minimum Gasteiger partial charge on any atom is -0.495 e. The van der Waals surface area contributed by atoms with Gasteiger partial charge in [0, 0.05) is 25.9 Å². The number of nitrogens with one attached hydrogen (secondary N) is 1. The maximum absolute atomic E-state index is 12.4. The second-order valence-corrected chi connectivity index (χ2v) is 6.05. The van der Waals surface area contributed by atoms with Crippen LogP contribution < -0.4 is 15.0 Å². The van der Waals surface area contributed by atoms with Crippen LogP contribution in [-0.2, 0) is 19.1 Å². The van der Waals surface area contributed by atoms with Crippen molar-refractivity contribution in [3.63, 3.8) is 0 Å². The average molecular weight is 348 g/mol. The van der Waals surface area contributed by atoms with Crippen molar-refractivity contribution in [2.45, 2.75) is 26.2 Å². The number of esters is 1. The first kappa shape index (κ1) is 18.8. The minimum absolute atomic E-state index is 0.0985. The van der Waals surface area contributed by atoms with Gasteiger partial charge in [-0.2, -0.15) is 0 Å². The normalized spacial score (nSPS) is 16.7. The van der Waals surface area contributed by atoms with Gasteiger partial charge in [0.15, 0.2) is 0 Å². The number of methoxy groups -OCH3 is 2. The Bertz CT molecular complexity index is 659. The number of anilines is 1. The number of amides is 2. The molecule has 1 atom stereocenters. The maximum atomic E-state index is 12.4. The first-order chi connectivity index (χ1) is 12.0. The van der Waals surface area contributed by atoms with Crippen LogP contribution in [0.25, 0.3) is 0 Å². The van der Waals surface area contributed by atoms with Crippen molar-refractivity contribution in [1.29, 1.82) is 0 Å². The lowest BCUT2D eigenvalue weighted by atomic mass is 10.1. The van der Waals surface area contributed by atoms with Gasteiger partial charge in [-0.1, -0.05) is 6.07 Å². The Labute approximate surface area is 147 Å². The number of hydrogen-bond donors (Lipinski definition) is 1. The van der Waals surface area contributed by atoms with Crippen LogP contribution in [0.1, 0.15) is 24.8 Å². The highest BCUT2D eigenvalue weighted by molar-refractivity contribution is 6.01. The highest BCUT2D eigenvalue weighted by Crippen LogP contribution is 2.33. The first-order valence-corrected chi connectivity index (χ1v) is 8.25. The van der Waals surface area contributed by atoms with Crippen molar-refractivity contribution < 1.29 is 23.9 Å². The highest BCUT2D eigenvalue weighted by atomic mass is 16.5. The zero-order valence-corrected chi connectivity index (χ0v) is 14.8. The number of rotatable bonds is 7. The van der Waals surface area contributed by atoms with Gasteiger partial charge in [-0.3, -0.25) is 14.4 Å². The number of aryl methyl sites for hydroxylation is 1. The van der Waals surface area contributed by atoms with E-state index in [4.69, 9.17) is 4.74 Å². The van der Waals surface area contributed by atoms with Crippen LogP contribution in [0.5, 0.6) is 5.75 Å². The summed E-state index contributed by atoms with van der Waals surface area (Å²) in [5.74, 6) is -0.372. The summed E-state index contributed by atoms with van der Waals surface area (Å²) in [5.41, 5.74) is 1.70. The third-order valence-electron chi connectivity index (χ3n) is 4.21. The average Bonchev–Trinajstić information content (AvgIpc) is 2.99. The monoisotopic (exact) mass is 348 g/mol. The van der Waals surface area contributed by atoms with Crippen LogP contribution in [0, 0.1) is 12.8 Å². The predicted octanol–water partition coefficient (Wildman–Crippen LogP) is 1.43. The van der Waals surface area contributed by atoms with Gasteiger partial charge in [-0.05, 0) is 31.0 Å². The molecule has 1 aliphatic rings. The van der Waals surface area contributed by atoms with Gasteiger partial charge in [0.2, 0.25) is 11.8 Å². The summed E-state index contributed by atoms with van der Waals surface area (Å²) >= 11 is 0. The number of nitrogens with zero attached hydrogens (tertiary/aromatic N) is 1. The topological polar surface area (TPSA) is 84.9 Å². The van der Waals surface area contributed by atoms with E-state index in [9.17, 15) is 14.4 Å². The SMILES string of the molecule is COC(=O)CCCNC(=O)C1CC(=O)N(c2cc(C)ccc2OC)C1. The van der Waals surface area contributed by atoms with Crippen LogP contribution in [-0.4, -0.2) is 45.1 Å². The summed E-state index contributed by atoms with van der Waals surface area (Å²) in [6, 6.07) is 5.61. The standard InChI is InChI=1S/C18H24N2O5/c1-12-6-7-15(24-2)14(9-12)20-11-13(10-16(20)21)18(23)19-8-4-5-17(22)25-3/h6-7,9,13H,4-5,8,10-11H2,1-3H3,(H,19,23). The van der Waals surface area contributed by atoms with E-state index in [1.165, 1.54) is 7.11 Å². The Morgan fingerprint density at radius 3 is 2.76 bits per heavy atom. The molecule has 136 valence electrons. The van der Waals surface area contributed by atoms with Crippen molar-refractivity contribution in [2.24, 2.45) is 5.92 Å². The van der Waals surface area contributed by atoms with Crippen LogP contribution in [0.2, 0.25) is 0 Å². The fourth-order valence-electron chi connectivity index (χ4n) is 2.82. The van der Waals surface area contributed by atoms with Gasteiger partial charge in [-0.15, -0.1) is 0 Å². The molecule has 1 aromatic carbocycles. The molecule has 2 rings (SSSR count). The lowest BCUT2D eigenvalue weighted by Gasteiger charge is -2.20. The van der Waals surface area contributed by atoms with Gasteiger partial charge < -0.3 is 19.7 Å². The third-order valence-corrected chi connectivity index (χ3v) is 4.21. The molecule has 0 aliphatic carbocycles. The van der Waals surface area contributed by atoms with Crippen LogP contribution >= 0.6 is 0 Å². The summed E-state index contributed by atoms with van der Waals surface area (Å²) < 4.78 is 9.88. The Kier molecular flexibility index (Phi) is 6.38. The quantitative estimate of drug-likeness (QED) is 0.595. The van der Waals surface area contributed by atoms with E-state index in [1.807, 2.05) is 25.1 Å². The fourth-order valence-corrected chi connectivity index (χ4v) is 2.82. The predicted molar refractivity (Wildman–Crippen MR) is 92.5 cm³/mol. The van der Waals surface area contributed by atoms with E-state index in [-0.39, 0.29) is 30.6 Å². The number of benzene rings is 1. The van der Waals surface area contributed by atoms with E-state index >= 15 is 0 Å². The molecule has 2 amide bonds. The van der Waals surface area contributed by atoms with Crippen molar-refractivity contribution >= 4 is 23.5 Å². The minimum atomic E-state index is -0.407. The second kappa shape index (κ2) is 8.50. The molecule has 25 heavy (non-hydrogen) atoms. The number of carbonyl (C=O) groups excluding carboxylic acids is 3. The lowest BCUT2D eigenvalue weighted by molar-refractivity contribution is -0.140. The smallest absolute Gasteiger partial charge is 0.305 e. The fraction of sp³-hybridized carbons (Fsp3) is 0.500. The van der Waals surface area contributed by atoms with E-state index in [0.717, 1.165) is 5.56 Å². The Balaban J connectivity index is 1.94. The van der Waals surface area contributed by atoms with Crippen LogP contribution in [0.15, 0.2) is 18.2 Å². The summed E-state index contributed by atoms with van der Waals surface area (Å²) in [7, 11) is 2.89. The number of ether oxygens (including phenoxy) is 2. The maximum Gasteiger partial charge on any atom is 0.305 e. The Morgan fingerprint density at radius 2 is 2.08 bits per heavy atom.